The molecule has 0 aliphatic heterocycles. The minimum absolute atomic E-state index is 0.106. The van der Waals surface area contributed by atoms with Gasteiger partial charge in [0.2, 0.25) is 0 Å². The van der Waals surface area contributed by atoms with Crippen LogP contribution in [0.3, 0.4) is 0 Å². The quantitative estimate of drug-likeness (QED) is 0.473. The maximum absolute atomic E-state index is 13.0. The van der Waals surface area contributed by atoms with Gasteiger partial charge in [0.25, 0.3) is 11.8 Å². The molecule has 0 radical (unpaired) electrons. The Morgan fingerprint density at radius 3 is 2.44 bits per heavy atom. The first-order chi connectivity index (χ1) is 15.6. The van der Waals surface area contributed by atoms with Crippen LogP contribution in [0.15, 0.2) is 85.3 Å². The van der Waals surface area contributed by atoms with Crippen molar-refractivity contribution in [2.75, 3.05) is 7.05 Å². The van der Waals surface area contributed by atoms with Crippen LogP contribution in [-0.2, 0) is 13.1 Å². The number of rotatable bonds is 7. The lowest BCUT2D eigenvalue weighted by Gasteiger charge is -2.17. The molecule has 2 amide bonds. The molecule has 0 atom stereocenters. The van der Waals surface area contributed by atoms with Crippen molar-refractivity contribution in [3.63, 3.8) is 0 Å². The van der Waals surface area contributed by atoms with Crippen LogP contribution in [0.2, 0.25) is 0 Å². The van der Waals surface area contributed by atoms with E-state index < -0.39 is 0 Å². The first kappa shape index (κ1) is 21.0. The van der Waals surface area contributed by atoms with Gasteiger partial charge in [-0.15, -0.1) is 0 Å². The van der Waals surface area contributed by atoms with Gasteiger partial charge in [0.1, 0.15) is 0 Å². The fourth-order valence-corrected chi connectivity index (χ4v) is 3.37. The van der Waals surface area contributed by atoms with Crippen LogP contribution in [0.5, 0.6) is 0 Å². The van der Waals surface area contributed by atoms with Gasteiger partial charge >= 0.3 is 0 Å². The normalized spacial score (nSPS) is 10.5. The van der Waals surface area contributed by atoms with Crippen LogP contribution < -0.4 is 5.32 Å². The number of aromatic nitrogens is 3. The number of benzene rings is 2. The molecule has 0 aliphatic carbocycles. The Hall–Kier alpha value is -4.26. The van der Waals surface area contributed by atoms with Gasteiger partial charge in [0.15, 0.2) is 0 Å². The monoisotopic (exact) mass is 425 g/mol. The molecule has 0 spiro atoms. The first-order valence-electron chi connectivity index (χ1n) is 10.2. The minimum atomic E-state index is -0.176. The van der Waals surface area contributed by atoms with E-state index in [0.29, 0.717) is 29.9 Å². The number of carbonyl (C=O) groups excluding carboxylic acids is 2. The average Bonchev–Trinajstić information content (AvgIpc) is 3.33. The zero-order chi connectivity index (χ0) is 22.3. The van der Waals surface area contributed by atoms with Crippen molar-refractivity contribution < 1.29 is 9.59 Å². The fraction of sp³-hybridized carbons (Fsp3) is 0.120. The molecule has 4 aromatic rings. The highest BCUT2D eigenvalue weighted by Crippen LogP contribution is 2.23. The van der Waals surface area contributed by atoms with E-state index in [2.05, 4.69) is 20.5 Å². The van der Waals surface area contributed by atoms with Gasteiger partial charge in [0, 0.05) is 38.1 Å². The molecule has 7 nitrogen and oxygen atoms in total. The lowest BCUT2D eigenvalue weighted by Crippen LogP contribution is -2.26. The molecule has 0 aliphatic rings. The number of amides is 2. The summed E-state index contributed by atoms with van der Waals surface area (Å²) in [5.41, 5.74) is 4.55. The molecule has 32 heavy (non-hydrogen) atoms. The van der Waals surface area contributed by atoms with Crippen LogP contribution in [0.4, 0.5) is 0 Å². The minimum Gasteiger partial charge on any atom is -0.348 e. The summed E-state index contributed by atoms with van der Waals surface area (Å²) in [4.78, 5) is 30.8. The number of hydrogen-bond donors (Lipinski definition) is 2. The molecule has 0 fully saturated rings. The summed E-state index contributed by atoms with van der Waals surface area (Å²) in [5.74, 6) is -0.282. The lowest BCUT2D eigenvalue weighted by atomic mass is 10.0. The zero-order valence-electron chi connectivity index (χ0n) is 17.7. The third kappa shape index (κ3) is 4.89. The molecular weight excluding hydrogens is 402 g/mol. The predicted octanol–water partition coefficient (Wildman–Crippen LogP) is 3.67. The number of hydrogen-bond acceptors (Lipinski definition) is 4. The summed E-state index contributed by atoms with van der Waals surface area (Å²) in [6.07, 6.45) is 4.72. The molecule has 2 aromatic heterocycles. The van der Waals surface area contributed by atoms with Gasteiger partial charge in [-0.2, -0.15) is 5.10 Å². The summed E-state index contributed by atoms with van der Waals surface area (Å²) in [6, 6.07) is 20.9. The lowest BCUT2D eigenvalue weighted by molar-refractivity contribution is 0.0785. The summed E-state index contributed by atoms with van der Waals surface area (Å²) < 4.78 is 0. The summed E-state index contributed by atoms with van der Waals surface area (Å²) in [5, 5.41) is 9.91. The van der Waals surface area contributed by atoms with E-state index in [4.69, 9.17) is 0 Å². The largest absolute Gasteiger partial charge is 0.348 e. The van der Waals surface area contributed by atoms with E-state index in [1.165, 1.54) is 6.20 Å². The summed E-state index contributed by atoms with van der Waals surface area (Å²) in [7, 11) is 1.78. The van der Waals surface area contributed by atoms with Crippen molar-refractivity contribution in [2.45, 2.75) is 13.1 Å². The van der Waals surface area contributed by atoms with E-state index >= 15 is 0 Å². The third-order valence-electron chi connectivity index (χ3n) is 5.10. The molecule has 7 heteroatoms. The Balaban J connectivity index is 1.42. The highest BCUT2D eigenvalue weighted by Gasteiger charge is 2.19. The van der Waals surface area contributed by atoms with Crippen LogP contribution >= 0.6 is 0 Å². The van der Waals surface area contributed by atoms with E-state index in [9.17, 15) is 9.59 Å². The van der Waals surface area contributed by atoms with Crippen LogP contribution in [0.25, 0.3) is 11.3 Å². The topological polar surface area (TPSA) is 91.0 Å². The SMILES string of the molecule is CN(Cc1ccccc1)C(=O)c1cn[nH]c1-c1ccc(CNC(=O)c2cccnc2)cc1. The molecule has 0 saturated heterocycles. The van der Waals surface area contributed by atoms with Crippen molar-refractivity contribution in [1.29, 1.82) is 0 Å². The number of aromatic amines is 1. The number of pyridine rings is 1. The van der Waals surface area contributed by atoms with Gasteiger partial charge in [-0.3, -0.25) is 19.7 Å². The van der Waals surface area contributed by atoms with Crippen molar-refractivity contribution in [1.82, 2.24) is 25.4 Å². The summed E-state index contributed by atoms with van der Waals surface area (Å²) in [6.45, 7) is 0.905. The van der Waals surface area contributed by atoms with Gasteiger partial charge < -0.3 is 10.2 Å². The molecule has 0 saturated carbocycles. The second-order valence-electron chi connectivity index (χ2n) is 7.43. The summed E-state index contributed by atoms with van der Waals surface area (Å²) >= 11 is 0. The highest BCUT2D eigenvalue weighted by atomic mass is 16.2. The Morgan fingerprint density at radius 1 is 0.938 bits per heavy atom. The van der Waals surface area contributed by atoms with Gasteiger partial charge in [-0.25, -0.2) is 0 Å². The second kappa shape index (κ2) is 9.70. The molecule has 160 valence electrons. The van der Waals surface area contributed by atoms with E-state index in [1.54, 1.807) is 36.5 Å². The fourth-order valence-electron chi connectivity index (χ4n) is 3.37. The van der Waals surface area contributed by atoms with Crippen molar-refractivity contribution in [3.8, 4) is 11.3 Å². The number of nitrogens with one attached hydrogen (secondary N) is 2. The van der Waals surface area contributed by atoms with E-state index in [-0.39, 0.29) is 11.8 Å². The van der Waals surface area contributed by atoms with Crippen LogP contribution in [0.1, 0.15) is 31.8 Å². The molecule has 2 aromatic carbocycles. The maximum atomic E-state index is 13.0. The zero-order valence-corrected chi connectivity index (χ0v) is 17.7. The first-order valence-corrected chi connectivity index (χ1v) is 10.2. The molecular formula is C25H23N5O2. The molecule has 0 unspecified atom stereocenters. The van der Waals surface area contributed by atoms with Gasteiger partial charge in [0.05, 0.1) is 23.0 Å². The van der Waals surface area contributed by atoms with Crippen molar-refractivity contribution in [2.24, 2.45) is 0 Å². The maximum Gasteiger partial charge on any atom is 0.257 e. The Kier molecular flexibility index (Phi) is 6.36. The molecule has 2 heterocycles. The van der Waals surface area contributed by atoms with E-state index in [0.717, 1.165) is 16.7 Å². The van der Waals surface area contributed by atoms with Crippen molar-refractivity contribution >= 4 is 11.8 Å². The second-order valence-corrected chi connectivity index (χ2v) is 7.43. The van der Waals surface area contributed by atoms with Crippen LogP contribution in [0, 0.1) is 0 Å². The highest BCUT2D eigenvalue weighted by molar-refractivity contribution is 5.99. The Morgan fingerprint density at radius 2 is 1.72 bits per heavy atom. The van der Waals surface area contributed by atoms with Crippen LogP contribution in [-0.4, -0.2) is 38.9 Å². The molecule has 0 bridgehead atoms. The number of nitrogens with zero attached hydrogens (tertiary/aromatic N) is 3. The number of carbonyl (C=O) groups is 2. The predicted molar refractivity (Wildman–Crippen MR) is 122 cm³/mol. The average molecular weight is 425 g/mol. The molecule has 4 rings (SSSR count). The Labute approximate surface area is 186 Å². The smallest absolute Gasteiger partial charge is 0.257 e. The third-order valence-corrected chi connectivity index (χ3v) is 5.10. The molecule has 2 N–H and O–H groups in total. The van der Waals surface area contributed by atoms with Crippen molar-refractivity contribution in [3.05, 3.63) is 108 Å². The van der Waals surface area contributed by atoms with Gasteiger partial charge in [-0.1, -0.05) is 54.6 Å². The standard InChI is InChI=1S/C25H23N5O2/c1-30(17-19-6-3-2-4-7-19)25(32)22-16-28-29-23(22)20-11-9-18(10-12-20)14-27-24(31)21-8-5-13-26-15-21/h2-13,15-16H,14,17H2,1H3,(H,27,31)(H,28,29). The number of H-pyrrole nitrogens is 1. The Bertz CT molecular complexity index is 1190. The van der Waals surface area contributed by atoms with Gasteiger partial charge in [-0.05, 0) is 23.3 Å². The van der Waals surface area contributed by atoms with E-state index in [1.807, 2.05) is 54.6 Å².